The molecule has 114 valence electrons. The number of nitrogens with zero attached hydrogens (tertiary/aromatic N) is 2. The summed E-state index contributed by atoms with van der Waals surface area (Å²) in [6.07, 6.45) is 1.86. The molecule has 1 aliphatic heterocycles. The summed E-state index contributed by atoms with van der Waals surface area (Å²) in [5.74, 6) is 0.326. The van der Waals surface area contributed by atoms with Crippen LogP contribution < -0.4 is 10.1 Å². The van der Waals surface area contributed by atoms with E-state index in [2.05, 4.69) is 24.1 Å². The van der Waals surface area contributed by atoms with Crippen LogP contribution in [0.2, 0.25) is 0 Å². The highest BCUT2D eigenvalue weighted by molar-refractivity contribution is 5.97. The Kier molecular flexibility index (Phi) is 4.77. The molecule has 2 heterocycles. The molecule has 21 heavy (non-hydrogen) atoms. The summed E-state index contributed by atoms with van der Waals surface area (Å²) in [5, 5.41) is 2.79. The molecular weight excluding hydrogens is 270 g/mol. The van der Waals surface area contributed by atoms with E-state index >= 15 is 0 Å². The maximum atomic E-state index is 12.3. The number of ether oxygens (including phenoxy) is 1. The predicted octanol–water partition coefficient (Wildman–Crippen LogP) is 1.53. The van der Waals surface area contributed by atoms with Gasteiger partial charge in [0, 0.05) is 25.7 Å². The molecule has 6 heteroatoms. The van der Waals surface area contributed by atoms with Gasteiger partial charge in [-0.3, -0.25) is 9.59 Å². The molecule has 1 fully saturated rings. The van der Waals surface area contributed by atoms with Crippen LogP contribution in [0, 0.1) is 11.8 Å². The lowest BCUT2D eigenvalue weighted by Crippen LogP contribution is -2.31. The zero-order valence-corrected chi connectivity index (χ0v) is 12.6. The van der Waals surface area contributed by atoms with Crippen LogP contribution in [0.3, 0.4) is 0 Å². The number of rotatable bonds is 5. The van der Waals surface area contributed by atoms with E-state index in [1.54, 1.807) is 23.2 Å². The first-order valence-electron chi connectivity index (χ1n) is 7.09. The van der Waals surface area contributed by atoms with E-state index in [0.717, 1.165) is 0 Å². The third kappa shape index (κ3) is 3.71. The van der Waals surface area contributed by atoms with Gasteiger partial charge < -0.3 is 15.0 Å². The maximum absolute atomic E-state index is 12.3. The van der Waals surface area contributed by atoms with Crippen molar-refractivity contribution in [2.24, 2.45) is 11.8 Å². The summed E-state index contributed by atoms with van der Waals surface area (Å²) >= 11 is 0. The Morgan fingerprint density at radius 3 is 3.00 bits per heavy atom. The lowest BCUT2D eigenvalue weighted by atomic mass is 10.1. The highest BCUT2D eigenvalue weighted by atomic mass is 16.5. The Morgan fingerprint density at radius 2 is 2.33 bits per heavy atom. The van der Waals surface area contributed by atoms with Gasteiger partial charge in [-0.25, -0.2) is 4.98 Å². The number of methoxy groups -OCH3 is 1. The second kappa shape index (κ2) is 6.56. The highest BCUT2D eigenvalue weighted by Gasteiger charge is 2.34. The second-order valence-electron chi connectivity index (χ2n) is 5.64. The molecule has 1 saturated heterocycles. The molecule has 2 amide bonds. The molecule has 0 bridgehead atoms. The summed E-state index contributed by atoms with van der Waals surface area (Å²) in [5.41, 5.74) is 0.528. The molecule has 0 aromatic carbocycles. The van der Waals surface area contributed by atoms with E-state index in [4.69, 9.17) is 4.74 Å². The monoisotopic (exact) mass is 291 g/mol. The minimum Gasteiger partial charge on any atom is -0.480 e. The second-order valence-corrected chi connectivity index (χ2v) is 5.64. The molecule has 2 rings (SSSR count). The summed E-state index contributed by atoms with van der Waals surface area (Å²) in [6, 6.07) is 3.45. The average molecular weight is 291 g/mol. The van der Waals surface area contributed by atoms with Crippen LogP contribution in [0.4, 0.5) is 5.69 Å². The molecular formula is C15H21N3O3. The predicted molar refractivity (Wildman–Crippen MR) is 78.9 cm³/mol. The molecule has 0 unspecified atom stereocenters. The van der Waals surface area contributed by atoms with Gasteiger partial charge in [0.1, 0.15) is 5.69 Å². The Hall–Kier alpha value is -2.11. The largest absolute Gasteiger partial charge is 0.480 e. The van der Waals surface area contributed by atoms with Crippen LogP contribution >= 0.6 is 0 Å². The standard InChI is InChI=1S/C15H21N3O3/c1-10(2)8-18-9-11(7-13(18)19)14(20)17-12-5-4-6-16-15(12)21-3/h4-6,10-11H,7-9H2,1-3H3,(H,17,20)/t11-/m0/s1. The molecule has 0 saturated carbocycles. The highest BCUT2D eigenvalue weighted by Crippen LogP contribution is 2.24. The molecule has 0 spiro atoms. The van der Waals surface area contributed by atoms with Crippen molar-refractivity contribution in [3.8, 4) is 5.88 Å². The smallest absolute Gasteiger partial charge is 0.237 e. The first-order valence-corrected chi connectivity index (χ1v) is 7.09. The van der Waals surface area contributed by atoms with E-state index in [1.807, 2.05) is 0 Å². The van der Waals surface area contributed by atoms with Gasteiger partial charge in [0.2, 0.25) is 17.7 Å². The number of hydrogen-bond donors (Lipinski definition) is 1. The molecule has 0 aliphatic carbocycles. The van der Waals surface area contributed by atoms with Crippen molar-refractivity contribution in [2.45, 2.75) is 20.3 Å². The van der Waals surface area contributed by atoms with Crippen LogP contribution in [-0.4, -0.2) is 41.9 Å². The number of hydrogen-bond acceptors (Lipinski definition) is 4. The van der Waals surface area contributed by atoms with Crippen molar-refractivity contribution in [3.63, 3.8) is 0 Å². The van der Waals surface area contributed by atoms with Crippen LogP contribution in [0.25, 0.3) is 0 Å². The van der Waals surface area contributed by atoms with Crippen molar-refractivity contribution in [1.82, 2.24) is 9.88 Å². The first kappa shape index (κ1) is 15.3. The van der Waals surface area contributed by atoms with Gasteiger partial charge in [-0.15, -0.1) is 0 Å². The topological polar surface area (TPSA) is 71.5 Å². The van der Waals surface area contributed by atoms with Gasteiger partial charge in [-0.2, -0.15) is 0 Å². The number of amides is 2. The van der Waals surface area contributed by atoms with E-state index in [0.29, 0.717) is 30.6 Å². The zero-order valence-electron chi connectivity index (χ0n) is 12.6. The van der Waals surface area contributed by atoms with Crippen molar-refractivity contribution in [1.29, 1.82) is 0 Å². The Morgan fingerprint density at radius 1 is 1.57 bits per heavy atom. The molecule has 1 aromatic rings. The third-order valence-corrected chi connectivity index (χ3v) is 3.39. The molecule has 1 atom stereocenters. The van der Waals surface area contributed by atoms with Gasteiger partial charge in [-0.1, -0.05) is 13.8 Å². The van der Waals surface area contributed by atoms with E-state index in [9.17, 15) is 9.59 Å². The van der Waals surface area contributed by atoms with Crippen molar-refractivity contribution in [2.75, 3.05) is 25.5 Å². The first-order chi connectivity index (χ1) is 10.0. The van der Waals surface area contributed by atoms with Crippen LogP contribution in [0.1, 0.15) is 20.3 Å². The SMILES string of the molecule is COc1ncccc1NC(=O)[C@H]1CC(=O)N(CC(C)C)C1. The Bertz CT molecular complexity index is 531. The number of pyridine rings is 1. The van der Waals surface area contributed by atoms with Crippen molar-refractivity contribution >= 4 is 17.5 Å². The molecule has 0 radical (unpaired) electrons. The van der Waals surface area contributed by atoms with Gasteiger partial charge in [0.05, 0.1) is 13.0 Å². The fraction of sp³-hybridized carbons (Fsp3) is 0.533. The van der Waals surface area contributed by atoms with Crippen LogP contribution in [0.15, 0.2) is 18.3 Å². The van der Waals surface area contributed by atoms with Gasteiger partial charge >= 0.3 is 0 Å². The fourth-order valence-corrected chi connectivity index (χ4v) is 2.45. The Balaban J connectivity index is 2.00. The number of carbonyl (C=O) groups excluding carboxylic acids is 2. The summed E-state index contributed by atoms with van der Waals surface area (Å²) in [4.78, 5) is 30.0. The van der Waals surface area contributed by atoms with Gasteiger partial charge in [0.15, 0.2) is 0 Å². The summed E-state index contributed by atoms with van der Waals surface area (Å²) < 4.78 is 5.10. The Labute approximate surface area is 124 Å². The number of anilines is 1. The quantitative estimate of drug-likeness (QED) is 0.893. The normalized spacial score (nSPS) is 18.2. The van der Waals surface area contributed by atoms with E-state index in [1.165, 1.54) is 7.11 Å². The van der Waals surface area contributed by atoms with E-state index < -0.39 is 0 Å². The van der Waals surface area contributed by atoms with Crippen LogP contribution in [-0.2, 0) is 9.59 Å². The minimum atomic E-state index is -0.318. The zero-order chi connectivity index (χ0) is 15.4. The lowest BCUT2D eigenvalue weighted by molar-refractivity contribution is -0.128. The minimum absolute atomic E-state index is 0.0435. The number of likely N-dealkylation sites (tertiary alicyclic amines) is 1. The summed E-state index contributed by atoms with van der Waals surface area (Å²) in [7, 11) is 1.50. The molecule has 1 aliphatic rings. The maximum Gasteiger partial charge on any atom is 0.237 e. The van der Waals surface area contributed by atoms with Gasteiger partial charge in [-0.05, 0) is 18.1 Å². The number of nitrogens with one attached hydrogen (secondary N) is 1. The molecule has 6 nitrogen and oxygen atoms in total. The summed E-state index contributed by atoms with van der Waals surface area (Å²) in [6.45, 7) is 5.28. The van der Waals surface area contributed by atoms with Crippen molar-refractivity contribution in [3.05, 3.63) is 18.3 Å². The number of carbonyl (C=O) groups is 2. The average Bonchev–Trinajstić information content (AvgIpc) is 2.80. The van der Waals surface area contributed by atoms with E-state index in [-0.39, 0.29) is 24.2 Å². The van der Waals surface area contributed by atoms with Crippen molar-refractivity contribution < 1.29 is 14.3 Å². The molecule has 1 aromatic heterocycles. The lowest BCUT2D eigenvalue weighted by Gasteiger charge is -2.18. The number of aromatic nitrogens is 1. The molecule has 1 N–H and O–H groups in total. The van der Waals surface area contributed by atoms with Gasteiger partial charge in [0.25, 0.3) is 0 Å². The third-order valence-electron chi connectivity index (χ3n) is 3.39. The fourth-order valence-electron chi connectivity index (χ4n) is 2.45. The van der Waals surface area contributed by atoms with Crippen LogP contribution in [0.5, 0.6) is 5.88 Å².